The van der Waals surface area contributed by atoms with Crippen LogP contribution in [0.25, 0.3) is 11.0 Å². The summed E-state index contributed by atoms with van der Waals surface area (Å²) in [6.07, 6.45) is 0. The van der Waals surface area contributed by atoms with E-state index in [1.807, 2.05) is 86.7 Å². The third kappa shape index (κ3) is 3.70. The van der Waals surface area contributed by atoms with Crippen LogP contribution in [0.4, 0.5) is 34.6 Å². The number of nitriles is 4. The summed E-state index contributed by atoms with van der Waals surface area (Å²) in [4.78, 5) is 22.5. The van der Waals surface area contributed by atoms with Crippen LogP contribution in [0, 0.1) is 59.2 Å². The molecule has 186 valence electrons. The van der Waals surface area contributed by atoms with Crippen molar-refractivity contribution in [3.63, 3.8) is 0 Å². The highest BCUT2D eigenvalue weighted by Crippen LogP contribution is 2.51. The van der Waals surface area contributed by atoms with E-state index in [0.717, 1.165) is 11.1 Å². The van der Waals surface area contributed by atoms with Crippen molar-refractivity contribution in [2.45, 2.75) is 13.8 Å². The van der Waals surface area contributed by atoms with Crippen LogP contribution in [0.1, 0.15) is 33.6 Å². The zero-order chi connectivity index (χ0) is 28.0. The molecule has 0 unspecified atom stereocenters. The van der Waals surface area contributed by atoms with Crippen molar-refractivity contribution in [2.75, 3.05) is 9.80 Å². The Hall–Kier alpha value is -6.36. The van der Waals surface area contributed by atoms with E-state index >= 15 is 0 Å². The molecule has 10 nitrogen and oxygen atoms in total. The van der Waals surface area contributed by atoms with Crippen LogP contribution >= 0.6 is 0 Å². The van der Waals surface area contributed by atoms with Gasteiger partial charge < -0.3 is 0 Å². The van der Waals surface area contributed by atoms with Crippen molar-refractivity contribution < 1.29 is 0 Å². The Morgan fingerprint density at radius 2 is 0.850 bits per heavy atom. The highest BCUT2D eigenvalue weighted by molar-refractivity contribution is 5.98. The molecule has 0 bridgehead atoms. The topological polar surface area (TPSA) is 153 Å². The Balaban J connectivity index is 1.76. The molecule has 0 saturated heterocycles. The van der Waals surface area contributed by atoms with Gasteiger partial charge in [0, 0.05) is 11.4 Å². The minimum Gasteiger partial charge on any atom is -0.273 e. The number of rotatable bonds is 2. The number of nitrogens with zero attached hydrogens (tertiary/aromatic N) is 10. The zero-order valence-electron chi connectivity index (χ0n) is 21.2. The fourth-order valence-electron chi connectivity index (χ4n) is 4.52. The molecule has 1 aliphatic rings. The lowest BCUT2D eigenvalue weighted by molar-refractivity contribution is 0.988. The van der Waals surface area contributed by atoms with E-state index in [1.165, 1.54) is 12.1 Å². The molecule has 2 aromatic heterocycles. The van der Waals surface area contributed by atoms with Crippen molar-refractivity contribution in [3.05, 3.63) is 94.3 Å². The highest BCUT2D eigenvalue weighted by atomic mass is 15.4. The fraction of sp³-hybridized carbons (Fsp3) is 0.0667. The molecule has 10 heteroatoms. The van der Waals surface area contributed by atoms with Gasteiger partial charge in [-0.25, -0.2) is 19.9 Å². The standard InChI is InChI=1S/C30H16N10/c1-17-3-7-21(8-4-17)39-27-28(36-24-12-20(14-32)19(13-31)11-23(24)35-27)40(22-9-5-18(2)6-10-22)30-29(39)37-25(15-33)26(16-34)38-30/h3-12H,1-2H3. The molecule has 0 aliphatic carbocycles. The zero-order valence-corrected chi connectivity index (χ0v) is 21.2. The smallest absolute Gasteiger partial charge is 0.184 e. The first kappa shape index (κ1) is 24.0. The Labute approximate surface area is 228 Å². The van der Waals surface area contributed by atoms with E-state index in [0.29, 0.717) is 34.0 Å². The number of fused-ring (bicyclic) bond motifs is 3. The summed E-state index contributed by atoms with van der Waals surface area (Å²) >= 11 is 0. The third-order valence-corrected chi connectivity index (χ3v) is 6.51. The van der Waals surface area contributed by atoms with Crippen molar-refractivity contribution in [2.24, 2.45) is 0 Å². The quantitative estimate of drug-likeness (QED) is 0.277. The average molecular weight is 517 g/mol. The average Bonchev–Trinajstić information content (AvgIpc) is 2.98. The maximum atomic E-state index is 9.78. The first-order chi connectivity index (χ1) is 19.4. The highest BCUT2D eigenvalue weighted by Gasteiger charge is 2.37. The lowest BCUT2D eigenvalue weighted by atomic mass is 10.1. The van der Waals surface area contributed by atoms with Crippen molar-refractivity contribution in [1.82, 2.24) is 19.9 Å². The van der Waals surface area contributed by atoms with Crippen LogP contribution in [-0.2, 0) is 0 Å². The summed E-state index contributed by atoms with van der Waals surface area (Å²) in [5.41, 5.74) is 4.38. The van der Waals surface area contributed by atoms with Crippen LogP contribution in [0.3, 0.4) is 0 Å². The molecular weight excluding hydrogens is 500 g/mol. The van der Waals surface area contributed by atoms with E-state index in [4.69, 9.17) is 9.97 Å². The minimum absolute atomic E-state index is 0.121. The van der Waals surface area contributed by atoms with Gasteiger partial charge in [0.2, 0.25) is 0 Å². The second-order valence-electron chi connectivity index (χ2n) is 9.11. The molecule has 1 aliphatic heterocycles. The molecule has 40 heavy (non-hydrogen) atoms. The molecule has 5 aromatic rings. The van der Waals surface area contributed by atoms with E-state index in [2.05, 4.69) is 9.97 Å². The SMILES string of the molecule is Cc1ccc(N2c3nc(C#N)c(C#N)nc3N(c3ccc(C)cc3)c3nc4cc(C#N)c(C#N)cc4nc32)cc1. The van der Waals surface area contributed by atoms with Gasteiger partial charge in [0.15, 0.2) is 34.7 Å². The van der Waals surface area contributed by atoms with Gasteiger partial charge in [0.25, 0.3) is 0 Å². The normalized spacial score (nSPS) is 11.6. The Bertz CT molecular complexity index is 1870. The molecule has 0 radical (unpaired) electrons. The van der Waals surface area contributed by atoms with E-state index in [-0.39, 0.29) is 34.2 Å². The van der Waals surface area contributed by atoms with E-state index in [1.54, 1.807) is 9.80 Å². The number of benzene rings is 3. The summed E-state index contributed by atoms with van der Waals surface area (Å²) in [6, 6.07) is 26.4. The number of anilines is 6. The van der Waals surface area contributed by atoms with E-state index in [9.17, 15) is 21.0 Å². The van der Waals surface area contributed by atoms with Crippen LogP contribution in [0.5, 0.6) is 0 Å². The van der Waals surface area contributed by atoms with Gasteiger partial charge in [0.1, 0.15) is 24.3 Å². The van der Waals surface area contributed by atoms with Crippen molar-refractivity contribution in [3.8, 4) is 24.3 Å². The fourth-order valence-corrected chi connectivity index (χ4v) is 4.52. The second kappa shape index (κ2) is 9.19. The molecule has 3 heterocycles. The van der Waals surface area contributed by atoms with Crippen LogP contribution in [0.15, 0.2) is 60.7 Å². The van der Waals surface area contributed by atoms with Gasteiger partial charge in [-0.2, -0.15) is 21.0 Å². The van der Waals surface area contributed by atoms with Gasteiger partial charge in [0.05, 0.1) is 22.2 Å². The summed E-state index contributed by atoms with van der Waals surface area (Å²) in [7, 11) is 0. The van der Waals surface area contributed by atoms with E-state index < -0.39 is 0 Å². The molecular formula is C30H16N10. The van der Waals surface area contributed by atoms with Crippen LogP contribution in [-0.4, -0.2) is 19.9 Å². The molecule has 0 saturated carbocycles. The number of aromatic nitrogens is 4. The maximum absolute atomic E-state index is 9.78. The summed E-state index contributed by atoms with van der Waals surface area (Å²) in [5, 5.41) is 38.8. The van der Waals surface area contributed by atoms with Gasteiger partial charge in [-0.05, 0) is 50.2 Å². The Kier molecular flexibility index (Phi) is 5.51. The lowest BCUT2D eigenvalue weighted by Crippen LogP contribution is -2.28. The molecule has 0 fully saturated rings. The minimum atomic E-state index is -0.121. The summed E-state index contributed by atoms with van der Waals surface area (Å²) < 4.78 is 0. The predicted octanol–water partition coefficient (Wildman–Crippen LogP) is 5.78. The molecule has 6 rings (SSSR count). The number of aryl methyl sites for hydroxylation is 2. The van der Waals surface area contributed by atoms with Gasteiger partial charge >= 0.3 is 0 Å². The van der Waals surface area contributed by atoms with Gasteiger partial charge in [-0.15, -0.1) is 0 Å². The largest absolute Gasteiger partial charge is 0.273 e. The Morgan fingerprint density at radius 1 is 0.500 bits per heavy atom. The number of hydrogen-bond acceptors (Lipinski definition) is 10. The molecule has 3 aromatic carbocycles. The van der Waals surface area contributed by atoms with Gasteiger partial charge in [-0.3, -0.25) is 9.80 Å². The van der Waals surface area contributed by atoms with Crippen molar-refractivity contribution in [1.29, 1.82) is 21.0 Å². The first-order valence-electron chi connectivity index (χ1n) is 12.1. The number of hydrogen-bond donors (Lipinski definition) is 0. The van der Waals surface area contributed by atoms with Crippen LogP contribution in [0.2, 0.25) is 0 Å². The van der Waals surface area contributed by atoms with Gasteiger partial charge in [-0.1, -0.05) is 35.4 Å². The van der Waals surface area contributed by atoms with Crippen molar-refractivity contribution >= 4 is 45.7 Å². The lowest BCUT2D eigenvalue weighted by Gasteiger charge is -2.36. The molecule has 0 atom stereocenters. The second-order valence-corrected chi connectivity index (χ2v) is 9.11. The Morgan fingerprint density at radius 3 is 1.18 bits per heavy atom. The summed E-state index contributed by atoms with van der Waals surface area (Å²) in [6.45, 7) is 3.94. The molecule has 0 spiro atoms. The van der Waals surface area contributed by atoms with Crippen LogP contribution < -0.4 is 9.80 Å². The predicted molar refractivity (Wildman–Crippen MR) is 146 cm³/mol. The monoisotopic (exact) mass is 516 g/mol. The molecule has 0 N–H and O–H groups in total. The first-order valence-corrected chi connectivity index (χ1v) is 12.1. The maximum Gasteiger partial charge on any atom is 0.184 e. The molecule has 0 amide bonds. The third-order valence-electron chi connectivity index (χ3n) is 6.51. The summed E-state index contributed by atoms with van der Waals surface area (Å²) in [5.74, 6) is 1.33.